The molecule has 0 aromatic carbocycles. The highest BCUT2D eigenvalue weighted by molar-refractivity contribution is 6.75. The molecule has 0 aliphatic carbocycles. The zero-order chi connectivity index (χ0) is 13.8. The Morgan fingerprint density at radius 2 is 1.71 bits per heavy atom. The first kappa shape index (κ1) is 16.2. The number of carbonyl (C=O) groups is 3. The molecule has 0 fully saturated rings. The van der Waals surface area contributed by atoms with Gasteiger partial charge >= 0.3 is 17.9 Å². The Labute approximate surface area is 113 Å². The fourth-order valence-corrected chi connectivity index (χ4v) is 0.657. The Bertz CT molecular complexity index is 358. The van der Waals surface area contributed by atoms with Crippen molar-refractivity contribution in [1.82, 2.24) is 0 Å². The highest BCUT2D eigenvalue weighted by atomic mass is 35.6. The van der Waals surface area contributed by atoms with Crippen LogP contribution in [0.5, 0.6) is 0 Å². The molecule has 96 valence electrons. The lowest BCUT2D eigenvalue weighted by Gasteiger charge is -2.13. The molecular weight excluding hydrogens is 294 g/mol. The molecule has 0 amide bonds. The van der Waals surface area contributed by atoms with Crippen LogP contribution in [-0.2, 0) is 23.9 Å². The Morgan fingerprint density at radius 1 is 1.24 bits per heavy atom. The van der Waals surface area contributed by atoms with Crippen LogP contribution < -0.4 is 0 Å². The van der Waals surface area contributed by atoms with Gasteiger partial charge in [-0.15, -0.1) is 0 Å². The molecule has 1 atom stereocenters. The molecule has 0 N–H and O–H groups in total. The molecule has 0 aromatic rings. The quantitative estimate of drug-likeness (QED) is 0.345. The third kappa shape index (κ3) is 5.91. The molecule has 0 saturated carbocycles. The molecular formula is C9H9Cl3O5. The molecule has 0 aromatic heterocycles. The summed E-state index contributed by atoms with van der Waals surface area (Å²) >= 11 is 15.5. The maximum absolute atomic E-state index is 11.2. The zero-order valence-electron chi connectivity index (χ0n) is 8.96. The fourth-order valence-electron chi connectivity index (χ4n) is 0.541. The van der Waals surface area contributed by atoms with E-state index >= 15 is 0 Å². The lowest BCUT2D eigenvalue weighted by Crippen LogP contribution is -2.32. The lowest BCUT2D eigenvalue weighted by atomic mass is 10.3. The Balaban J connectivity index is 4.39. The molecule has 5 nitrogen and oxygen atoms in total. The number of carbonyl (C=O) groups excluding carboxylic acids is 3. The largest absolute Gasteiger partial charge is 0.447 e. The van der Waals surface area contributed by atoms with Crippen LogP contribution in [0.2, 0.25) is 0 Å². The maximum Gasteiger partial charge on any atom is 0.366 e. The van der Waals surface area contributed by atoms with Gasteiger partial charge in [0.25, 0.3) is 3.79 Å². The van der Waals surface area contributed by atoms with Crippen molar-refractivity contribution < 1.29 is 23.9 Å². The van der Waals surface area contributed by atoms with E-state index in [2.05, 4.69) is 16.1 Å². The first-order valence-corrected chi connectivity index (χ1v) is 5.38. The number of hydrogen-bond donors (Lipinski definition) is 0. The number of alkyl halides is 3. The van der Waals surface area contributed by atoms with E-state index in [-0.39, 0.29) is 5.57 Å². The van der Waals surface area contributed by atoms with E-state index in [0.717, 1.165) is 0 Å². The van der Waals surface area contributed by atoms with E-state index in [1.165, 1.54) is 13.8 Å². The summed E-state index contributed by atoms with van der Waals surface area (Å²) in [6.07, 6.45) is -1.31. The van der Waals surface area contributed by atoms with E-state index in [1.54, 1.807) is 0 Å². The van der Waals surface area contributed by atoms with Crippen molar-refractivity contribution in [3.63, 3.8) is 0 Å². The van der Waals surface area contributed by atoms with Gasteiger partial charge in [-0.1, -0.05) is 41.4 Å². The Morgan fingerprint density at radius 3 is 2.06 bits per heavy atom. The number of ether oxygens (including phenoxy) is 2. The molecule has 0 heterocycles. The number of esters is 3. The summed E-state index contributed by atoms with van der Waals surface area (Å²) in [5, 5.41) is 0. The molecule has 0 spiro atoms. The highest BCUT2D eigenvalue weighted by Crippen LogP contribution is 2.27. The van der Waals surface area contributed by atoms with Gasteiger partial charge in [-0.2, -0.15) is 0 Å². The van der Waals surface area contributed by atoms with Crippen molar-refractivity contribution in [2.45, 2.75) is 23.7 Å². The second-order valence-electron chi connectivity index (χ2n) is 3.03. The van der Waals surface area contributed by atoms with Gasteiger partial charge in [-0.25, -0.2) is 14.4 Å². The van der Waals surface area contributed by atoms with Gasteiger partial charge in [0.15, 0.2) is 6.10 Å². The Kier molecular flexibility index (Phi) is 5.95. The van der Waals surface area contributed by atoms with E-state index in [4.69, 9.17) is 34.8 Å². The van der Waals surface area contributed by atoms with E-state index in [1.807, 2.05) is 0 Å². The summed E-state index contributed by atoms with van der Waals surface area (Å²) in [4.78, 5) is 33.3. The molecule has 0 rings (SSSR count). The molecule has 17 heavy (non-hydrogen) atoms. The summed E-state index contributed by atoms with van der Waals surface area (Å²) in [5.74, 6) is -3.31. The minimum absolute atomic E-state index is 0.0948. The maximum atomic E-state index is 11.2. The highest BCUT2D eigenvalue weighted by Gasteiger charge is 2.36. The summed E-state index contributed by atoms with van der Waals surface area (Å²) in [5.41, 5.74) is 0.0948. The van der Waals surface area contributed by atoms with Crippen molar-refractivity contribution in [2.24, 2.45) is 0 Å². The second kappa shape index (κ2) is 6.23. The predicted molar refractivity (Wildman–Crippen MR) is 61.8 cm³/mol. The van der Waals surface area contributed by atoms with Crippen LogP contribution in [0.25, 0.3) is 0 Å². The van der Waals surface area contributed by atoms with Crippen LogP contribution in [0, 0.1) is 0 Å². The molecule has 8 heteroatoms. The zero-order valence-corrected chi connectivity index (χ0v) is 11.2. The van der Waals surface area contributed by atoms with Gasteiger partial charge in [0, 0.05) is 5.57 Å². The van der Waals surface area contributed by atoms with Gasteiger partial charge in [0.05, 0.1) is 0 Å². The minimum atomic E-state index is -2.37. The predicted octanol–water partition coefficient (Wildman–Crippen LogP) is 1.93. The standard InChI is InChI=1S/C9H9Cl3O5/c1-4(2)6(13)16-5(3)7(14)17-8(15)9(10,11)12/h5H,1H2,2-3H3. The van der Waals surface area contributed by atoms with E-state index in [0.29, 0.717) is 0 Å². The van der Waals surface area contributed by atoms with Crippen LogP contribution in [0.4, 0.5) is 0 Å². The van der Waals surface area contributed by atoms with Crippen LogP contribution in [-0.4, -0.2) is 27.8 Å². The van der Waals surface area contributed by atoms with Crippen LogP contribution in [0.1, 0.15) is 13.8 Å². The first-order chi connectivity index (χ1) is 7.55. The molecule has 1 unspecified atom stereocenters. The summed E-state index contributed by atoms with van der Waals surface area (Å²) < 4.78 is 6.40. The van der Waals surface area contributed by atoms with Crippen LogP contribution >= 0.6 is 34.8 Å². The van der Waals surface area contributed by atoms with Crippen molar-refractivity contribution in [3.8, 4) is 0 Å². The van der Waals surface area contributed by atoms with Crippen molar-refractivity contribution in [2.75, 3.05) is 0 Å². The molecule has 0 saturated heterocycles. The van der Waals surface area contributed by atoms with Crippen molar-refractivity contribution >= 4 is 52.7 Å². The third-order valence-electron chi connectivity index (χ3n) is 1.39. The van der Waals surface area contributed by atoms with Gasteiger partial charge < -0.3 is 9.47 Å². The van der Waals surface area contributed by atoms with Gasteiger partial charge in [-0.05, 0) is 13.8 Å². The average molecular weight is 304 g/mol. The summed E-state index contributed by atoms with van der Waals surface area (Å²) in [7, 11) is 0. The first-order valence-electron chi connectivity index (χ1n) is 4.25. The van der Waals surface area contributed by atoms with Gasteiger partial charge in [0.1, 0.15) is 0 Å². The monoisotopic (exact) mass is 302 g/mol. The topological polar surface area (TPSA) is 69.7 Å². The minimum Gasteiger partial charge on any atom is -0.447 e. The lowest BCUT2D eigenvalue weighted by molar-refractivity contribution is -0.171. The third-order valence-corrected chi connectivity index (χ3v) is 1.85. The van der Waals surface area contributed by atoms with Gasteiger partial charge in [-0.3, -0.25) is 0 Å². The van der Waals surface area contributed by atoms with Crippen molar-refractivity contribution in [3.05, 3.63) is 12.2 Å². The second-order valence-corrected chi connectivity index (χ2v) is 5.32. The number of halogens is 3. The number of hydrogen-bond acceptors (Lipinski definition) is 5. The smallest absolute Gasteiger partial charge is 0.366 e. The van der Waals surface area contributed by atoms with E-state index < -0.39 is 27.8 Å². The van der Waals surface area contributed by atoms with Gasteiger partial charge in [0.2, 0.25) is 0 Å². The van der Waals surface area contributed by atoms with Crippen LogP contribution in [0.3, 0.4) is 0 Å². The molecule has 0 aliphatic rings. The average Bonchev–Trinajstić information content (AvgIpc) is 2.15. The fraction of sp³-hybridized carbons (Fsp3) is 0.444. The summed E-state index contributed by atoms with van der Waals surface area (Å²) in [6.45, 7) is 5.91. The molecule has 0 aliphatic heterocycles. The van der Waals surface area contributed by atoms with E-state index in [9.17, 15) is 14.4 Å². The molecule has 0 radical (unpaired) electrons. The van der Waals surface area contributed by atoms with Crippen LogP contribution in [0.15, 0.2) is 12.2 Å². The van der Waals surface area contributed by atoms with Crippen molar-refractivity contribution in [1.29, 1.82) is 0 Å². The molecule has 0 bridgehead atoms. The normalized spacial score (nSPS) is 12.5. The SMILES string of the molecule is C=C(C)C(=O)OC(C)C(=O)OC(=O)C(Cl)(Cl)Cl. The summed E-state index contributed by atoms with van der Waals surface area (Å²) in [6, 6.07) is 0. The number of rotatable bonds is 3. The Hall–Kier alpha value is -0.780.